The highest BCUT2D eigenvalue weighted by molar-refractivity contribution is 5.99. The number of phenols is 1. The minimum atomic E-state index is -0.439. The smallest absolute Gasteiger partial charge is 0.198 e. The summed E-state index contributed by atoms with van der Waals surface area (Å²) < 4.78 is 27.2. The van der Waals surface area contributed by atoms with Gasteiger partial charge in [0.2, 0.25) is 0 Å². The van der Waals surface area contributed by atoms with Crippen LogP contribution in [0.5, 0.6) is 17.2 Å². The Morgan fingerprint density at radius 2 is 1.70 bits per heavy atom. The molecule has 0 amide bonds. The molecule has 0 aliphatic heterocycles. The molecule has 1 aliphatic rings. The molecule has 37 heavy (non-hydrogen) atoms. The van der Waals surface area contributed by atoms with Crippen LogP contribution in [0.1, 0.15) is 35.7 Å². The van der Waals surface area contributed by atoms with Crippen molar-refractivity contribution < 1.29 is 33.6 Å². The number of aromatic hydroxyl groups is 1. The third kappa shape index (κ3) is 6.20. The van der Waals surface area contributed by atoms with E-state index in [0.29, 0.717) is 53.0 Å². The van der Waals surface area contributed by atoms with Gasteiger partial charge in [0.15, 0.2) is 28.8 Å². The fourth-order valence-electron chi connectivity index (χ4n) is 4.29. The predicted molar refractivity (Wildman–Crippen MR) is 143 cm³/mol. The molecule has 1 aliphatic carbocycles. The van der Waals surface area contributed by atoms with Crippen molar-refractivity contribution >= 4 is 17.5 Å². The molecule has 198 valence electrons. The zero-order chi connectivity index (χ0) is 27.0. The average Bonchev–Trinajstić information content (AvgIpc) is 2.92. The average molecular weight is 510 g/mol. The molecule has 0 fully saturated rings. The minimum absolute atomic E-state index is 0.0320. The van der Waals surface area contributed by atoms with Crippen molar-refractivity contribution in [1.82, 2.24) is 0 Å². The van der Waals surface area contributed by atoms with Gasteiger partial charge < -0.3 is 34.1 Å². The SMILES string of the molecule is COC1=CC(C)(/C=C\c2ccc(OC)c(O)c2NCCC(=O)c2ccccc2OC)CC(OC)=C1OC. The van der Waals surface area contributed by atoms with E-state index in [1.165, 1.54) is 14.2 Å². The van der Waals surface area contributed by atoms with Crippen LogP contribution in [0.2, 0.25) is 0 Å². The first-order valence-corrected chi connectivity index (χ1v) is 11.9. The van der Waals surface area contributed by atoms with Crippen LogP contribution in [-0.2, 0) is 14.2 Å². The number of methoxy groups -OCH3 is 5. The molecule has 0 spiro atoms. The van der Waals surface area contributed by atoms with Gasteiger partial charge in [-0.05, 0) is 30.3 Å². The van der Waals surface area contributed by atoms with Crippen molar-refractivity contribution in [2.45, 2.75) is 19.8 Å². The number of hydrogen-bond donors (Lipinski definition) is 2. The summed E-state index contributed by atoms with van der Waals surface area (Å²) in [6, 6.07) is 10.7. The lowest BCUT2D eigenvalue weighted by molar-refractivity contribution is 0.0983. The molecule has 0 heterocycles. The molecule has 0 saturated carbocycles. The molecule has 0 radical (unpaired) electrons. The number of phenolic OH excluding ortho intramolecular Hbond substituents is 1. The molecular formula is C29H35NO7. The highest BCUT2D eigenvalue weighted by Crippen LogP contribution is 2.42. The van der Waals surface area contributed by atoms with Crippen LogP contribution in [0.3, 0.4) is 0 Å². The molecule has 0 bridgehead atoms. The first kappa shape index (κ1) is 27.5. The van der Waals surface area contributed by atoms with Crippen LogP contribution in [0.15, 0.2) is 65.8 Å². The van der Waals surface area contributed by atoms with Crippen molar-refractivity contribution in [2.24, 2.45) is 5.41 Å². The number of ketones is 1. The minimum Gasteiger partial charge on any atom is -0.503 e. The van der Waals surface area contributed by atoms with E-state index in [2.05, 4.69) is 12.2 Å². The monoisotopic (exact) mass is 509 g/mol. The van der Waals surface area contributed by atoms with Crippen LogP contribution in [0.4, 0.5) is 5.69 Å². The van der Waals surface area contributed by atoms with Crippen molar-refractivity contribution in [2.75, 3.05) is 47.4 Å². The molecule has 0 aromatic heterocycles. The molecule has 0 saturated heterocycles. The summed E-state index contributed by atoms with van der Waals surface area (Å²) in [6.45, 7) is 2.35. The summed E-state index contributed by atoms with van der Waals surface area (Å²) in [5.41, 5.74) is 1.28. The maximum absolute atomic E-state index is 12.8. The molecule has 8 nitrogen and oxygen atoms in total. The van der Waals surface area contributed by atoms with Gasteiger partial charge in [-0.2, -0.15) is 0 Å². The van der Waals surface area contributed by atoms with E-state index >= 15 is 0 Å². The lowest BCUT2D eigenvalue weighted by Gasteiger charge is -2.30. The van der Waals surface area contributed by atoms with Gasteiger partial charge in [-0.25, -0.2) is 0 Å². The van der Waals surface area contributed by atoms with E-state index < -0.39 is 5.41 Å². The highest BCUT2D eigenvalue weighted by atomic mass is 16.5. The Bertz CT molecular complexity index is 1210. The summed E-state index contributed by atoms with van der Waals surface area (Å²) in [7, 11) is 7.80. The van der Waals surface area contributed by atoms with Gasteiger partial charge in [-0.3, -0.25) is 4.79 Å². The van der Waals surface area contributed by atoms with Gasteiger partial charge in [-0.15, -0.1) is 0 Å². The van der Waals surface area contributed by atoms with Crippen molar-refractivity contribution in [1.29, 1.82) is 0 Å². The molecule has 1 unspecified atom stereocenters. The van der Waals surface area contributed by atoms with E-state index in [1.807, 2.05) is 30.4 Å². The van der Waals surface area contributed by atoms with Crippen LogP contribution in [-0.4, -0.2) is 53.0 Å². The lowest BCUT2D eigenvalue weighted by Crippen LogP contribution is -2.20. The largest absolute Gasteiger partial charge is 0.503 e. The Morgan fingerprint density at radius 1 is 0.973 bits per heavy atom. The van der Waals surface area contributed by atoms with Crippen LogP contribution in [0, 0.1) is 5.41 Å². The van der Waals surface area contributed by atoms with Crippen LogP contribution < -0.4 is 14.8 Å². The van der Waals surface area contributed by atoms with E-state index in [0.717, 1.165) is 5.56 Å². The van der Waals surface area contributed by atoms with E-state index in [4.69, 9.17) is 23.7 Å². The Kier molecular flexibility index (Phi) is 9.11. The Balaban J connectivity index is 1.84. The second kappa shape index (κ2) is 12.3. The number of para-hydroxylation sites is 1. The molecule has 2 aromatic rings. The maximum Gasteiger partial charge on any atom is 0.198 e. The molecule has 1 atom stereocenters. The van der Waals surface area contributed by atoms with Gasteiger partial charge in [-0.1, -0.05) is 31.2 Å². The summed E-state index contributed by atoms with van der Waals surface area (Å²) >= 11 is 0. The third-order valence-corrected chi connectivity index (χ3v) is 6.25. The zero-order valence-electron chi connectivity index (χ0n) is 22.2. The zero-order valence-corrected chi connectivity index (χ0v) is 22.2. The summed E-state index contributed by atoms with van der Waals surface area (Å²) in [4.78, 5) is 12.8. The first-order valence-electron chi connectivity index (χ1n) is 11.9. The number of carbonyl (C=O) groups excluding carboxylic acids is 1. The van der Waals surface area contributed by atoms with Gasteiger partial charge in [0.1, 0.15) is 11.5 Å². The second-order valence-electron chi connectivity index (χ2n) is 8.77. The molecule has 8 heteroatoms. The Labute approximate surface area is 218 Å². The molecule has 2 aromatic carbocycles. The van der Waals surface area contributed by atoms with Gasteiger partial charge in [0, 0.05) is 30.4 Å². The normalized spacial score (nSPS) is 17.3. The highest BCUT2D eigenvalue weighted by Gasteiger charge is 2.32. The van der Waals surface area contributed by atoms with Crippen LogP contribution >= 0.6 is 0 Å². The fraction of sp³-hybridized carbons (Fsp3) is 0.345. The number of nitrogens with one attached hydrogen (secondary N) is 1. The van der Waals surface area contributed by atoms with Crippen molar-refractivity contribution in [3.63, 3.8) is 0 Å². The number of allylic oxidation sites excluding steroid dienone is 3. The Hall–Kier alpha value is -4.07. The van der Waals surface area contributed by atoms with E-state index in [-0.39, 0.29) is 18.0 Å². The van der Waals surface area contributed by atoms with E-state index in [1.54, 1.807) is 45.6 Å². The van der Waals surface area contributed by atoms with Gasteiger partial charge >= 0.3 is 0 Å². The summed E-state index contributed by atoms with van der Waals surface area (Å²) in [6.07, 6.45) is 6.68. The number of anilines is 1. The number of Topliss-reactive ketones (excluding diaryl/α,β-unsaturated/α-hetero) is 1. The number of ether oxygens (including phenoxy) is 5. The van der Waals surface area contributed by atoms with Crippen molar-refractivity contribution in [3.8, 4) is 17.2 Å². The van der Waals surface area contributed by atoms with Crippen molar-refractivity contribution in [3.05, 3.63) is 77.0 Å². The molecule has 3 rings (SSSR count). The fourth-order valence-corrected chi connectivity index (χ4v) is 4.29. The standard InChI is InChI=1S/C29H35NO7/c1-29(17-24(35-4)28(37-6)25(18-29)36-5)15-13-19-11-12-23(34-3)27(32)26(19)30-16-14-21(31)20-9-7-8-10-22(20)33-2/h7-13,15,17,30,32H,14,16,18H2,1-6H3/b15-13-. The quantitative estimate of drug-likeness (QED) is 0.284. The molecule has 2 N–H and O–H groups in total. The number of rotatable bonds is 12. The topological polar surface area (TPSA) is 95.5 Å². The second-order valence-corrected chi connectivity index (χ2v) is 8.77. The first-order chi connectivity index (χ1) is 17.8. The predicted octanol–water partition coefficient (Wildman–Crippen LogP) is 5.55. The number of benzene rings is 2. The number of carbonyl (C=O) groups is 1. The number of hydrogen-bond acceptors (Lipinski definition) is 8. The third-order valence-electron chi connectivity index (χ3n) is 6.25. The summed E-state index contributed by atoms with van der Waals surface area (Å²) in [5, 5.41) is 14.1. The van der Waals surface area contributed by atoms with Gasteiger partial charge in [0.25, 0.3) is 0 Å². The molecular weight excluding hydrogens is 474 g/mol. The lowest BCUT2D eigenvalue weighted by atomic mass is 9.81. The Morgan fingerprint density at radius 3 is 2.35 bits per heavy atom. The maximum atomic E-state index is 12.8. The summed E-state index contributed by atoms with van der Waals surface area (Å²) in [5.74, 6) is 2.60. The van der Waals surface area contributed by atoms with E-state index in [9.17, 15) is 9.90 Å². The van der Waals surface area contributed by atoms with Crippen LogP contribution in [0.25, 0.3) is 6.08 Å². The van der Waals surface area contributed by atoms with Gasteiger partial charge in [0.05, 0.1) is 46.8 Å².